The fourth-order valence-corrected chi connectivity index (χ4v) is 4.44. The van der Waals surface area contributed by atoms with Crippen molar-refractivity contribution in [3.63, 3.8) is 0 Å². The van der Waals surface area contributed by atoms with E-state index in [4.69, 9.17) is 5.73 Å². The van der Waals surface area contributed by atoms with Crippen LogP contribution in [0.5, 0.6) is 0 Å². The third-order valence-corrected chi connectivity index (χ3v) is 6.00. The topological polar surface area (TPSA) is 63.4 Å². The molecule has 0 heterocycles. The minimum Gasteiger partial charge on any atom is -0.326 e. The number of thioether (sulfide) groups is 1. The highest BCUT2D eigenvalue weighted by molar-refractivity contribution is 7.98. The molecule has 1 atom stereocenters. The molecule has 0 amide bonds. The number of nitrogens with zero attached hydrogens (tertiary/aromatic N) is 1. The average Bonchev–Trinajstić information content (AvgIpc) is 2.44. The Kier molecular flexibility index (Phi) is 6.58. The molecule has 0 aliphatic heterocycles. The zero-order chi connectivity index (χ0) is 16.2. The molecule has 0 saturated carbocycles. The molecule has 0 fully saturated rings. The summed E-state index contributed by atoms with van der Waals surface area (Å²) >= 11 is 1.51. The average molecular weight is 338 g/mol. The van der Waals surface area contributed by atoms with Crippen molar-refractivity contribution in [3.8, 4) is 0 Å². The van der Waals surface area contributed by atoms with Crippen LogP contribution in [0.3, 0.4) is 0 Å². The third-order valence-electron chi connectivity index (χ3n) is 3.36. The van der Waals surface area contributed by atoms with Crippen molar-refractivity contribution >= 4 is 21.8 Å². The molecular weight excluding hydrogens is 318 g/mol. The van der Waals surface area contributed by atoms with Crippen LogP contribution in [0.2, 0.25) is 0 Å². The Hall–Kier alpha value is -0.700. The molecule has 0 radical (unpaired) electrons. The van der Waals surface area contributed by atoms with Crippen LogP contribution in [-0.2, 0) is 16.6 Å². The maximum Gasteiger partial charge on any atom is 0.246 e. The fourth-order valence-electron chi connectivity index (χ4n) is 1.99. The normalized spacial score (nSPS) is 13.7. The Morgan fingerprint density at radius 3 is 2.48 bits per heavy atom. The molecule has 0 aliphatic carbocycles. The van der Waals surface area contributed by atoms with Crippen LogP contribution < -0.4 is 5.73 Å². The van der Waals surface area contributed by atoms with Gasteiger partial charge >= 0.3 is 0 Å². The summed E-state index contributed by atoms with van der Waals surface area (Å²) in [5.41, 5.74) is 4.87. The van der Waals surface area contributed by atoms with E-state index in [1.165, 1.54) is 18.8 Å². The number of hydrogen-bond acceptors (Lipinski definition) is 4. The molecule has 120 valence electrons. The van der Waals surface area contributed by atoms with Gasteiger partial charge in [0.1, 0.15) is 10.7 Å². The molecule has 0 saturated heterocycles. The van der Waals surface area contributed by atoms with Gasteiger partial charge in [0.25, 0.3) is 0 Å². The van der Waals surface area contributed by atoms with Gasteiger partial charge in [-0.2, -0.15) is 16.1 Å². The summed E-state index contributed by atoms with van der Waals surface area (Å²) in [5.74, 6) is -1.35. The van der Waals surface area contributed by atoms with Gasteiger partial charge in [0.15, 0.2) is 5.82 Å². The summed E-state index contributed by atoms with van der Waals surface area (Å²) < 4.78 is 53.8. The second-order valence-electron chi connectivity index (χ2n) is 4.58. The molecule has 1 aromatic carbocycles. The van der Waals surface area contributed by atoms with E-state index >= 15 is 0 Å². The van der Waals surface area contributed by atoms with Crippen LogP contribution in [0.25, 0.3) is 0 Å². The minimum absolute atomic E-state index is 0.254. The summed E-state index contributed by atoms with van der Waals surface area (Å²) in [7, 11) is -2.62. The quantitative estimate of drug-likeness (QED) is 0.828. The number of halogens is 2. The number of benzene rings is 1. The van der Waals surface area contributed by atoms with Gasteiger partial charge in [0.05, 0.1) is 0 Å². The number of nitrogens with two attached hydrogens (primary N) is 1. The molecule has 1 aromatic rings. The minimum atomic E-state index is -4.03. The lowest BCUT2D eigenvalue weighted by Gasteiger charge is -2.26. The summed E-state index contributed by atoms with van der Waals surface area (Å²) in [6.07, 6.45) is 2.47. The summed E-state index contributed by atoms with van der Waals surface area (Å²) in [5, 5.41) is 0. The summed E-state index contributed by atoms with van der Waals surface area (Å²) in [4.78, 5) is -0.536. The monoisotopic (exact) mass is 338 g/mol. The molecule has 2 N–H and O–H groups in total. The van der Waals surface area contributed by atoms with Crippen molar-refractivity contribution in [3.05, 3.63) is 29.3 Å². The molecular formula is C13H20F2N2O2S2. The van der Waals surface area contributed by atoms with Gasteiger partial charge in [0, 0.05) is 31.0 Å². The van der Waals surface area contributed by atoms with Crippen LogP contribution in [0.4, 0.5) is 8.78 Å². The van der Waals surface area contributed by atoms with E-state index in [1.54, 1.807) is 0 Å². The van der Waals surface area contributed by atoms with Crippen LogP contribution in [-0.4, -0.2) is 37.8 Å². The summed E-state index contributed by atoms with van der Waals surface area (Å²) in [6, 6.07) is 1.62. The van der Waals surface area contributed by atoms with Crippen LogP contribution in [0.15, 0.2) is 17.0 Å². The first kappa shape index (κ1) is 18.3. The first-order valence-electron chi connectivity index (χ1n) is 6.45. The second-order valence-corrected chi connectivity index (χ2v) is 7.46. The zero-order valence-corrected chi connectivity index (χ0v) is 13.9. The highest BCUT2D eigenvalue weighted by Gasteiger charge is 2.30. The molecule has 4 nitrogen and oxygen atoms in total. The van der Waals surface area contributed by atoms with Gasteiger partial charge in [-0.3, -0.25) is 0 Å². The van der Waals surface area contributed by atoms with Gasteiger partial charge < -0.3 is 5.73 Å². The highest BCUT2D eigenvalue weighted by Crippen LogP contribution is 2.25. The largest absolute Gasteiger partial charge is 0.326 e. The van der Waals surface area contributed by atoms with Crippen LogP contribution in [0, 0.1) is 11.6 Å². The Balaban J connectivity index is 3.31. The SMILES string of the molecule is CCC(CSC)N(C)S(=O)(=O)c1ccc(F)c(CN)c1F. The Labute approximate surface area is 128 Å². The number of rotatable bonds is 7. The lowest BCUT2D eigenvalue weighted by molar-refractivity contribution is 0.382. The fraction of sp³-hybridized carbons (Fsp3) is 0.538. The number of sulfonamides is 1. The predicted molar refractivity (Wildman–Crippen MR) is 81.7 cm³/mol. The Morgan fingerprint density at radius 2 is 2.00 bits per heavy atom. The summed E-state index contributed by atoms with van der Waals surface area (Å²) in [6.45, 7) is 1.46. The van der Waals surface area contributed by atoms with E-state index in [0.717, 1.165) is 16.4 Å². The molecule has 0 aliphatic rings. The van der Waals surface area contributed by atoms with Gasteiger partial charge in [0.2, 0.25) is 10.0 Å². The predicted octanol–water partition coefficient (Wildman–Crippen LogP) is 2.19. The highest BCUT2D eigenvalue weighted by atomic mass is 32.2. The lowest BCUT2D eigenvalue weighted by atomic mass is 10.2. The third kappa shape index (κ3) is 3.74. The van der Waals surface area contributed by atoms with Crippen LogP contribution in [0.1, 0.15) is 18.9 Å². The van der Waals surface area contributed by atoms with Gasteiger partial charge in [-0.1, -0.05) is 6.92 Å². The van der Waals surface area contributed by atoms with E-state index in [-0.39, 0.29) is 6.04 Å². The molecule has 1 rings (SSSR count). The van der Waals surface area contributed by atoms with E-state index in [2.05, 4.69) is 0 Å². The zero-order valence-electron chi connectivity index (χ0n) is 12.3. The molecule has 0 bridgehead atoms. The second kappa shape index (κ2) is 7.53. The maximum atomic E-state index is 14.2. The van der Waals surface area contributed by atoms with E-state index in [1.807, 2.05) is 13.2 Å². The first-order valence-corrected chi connectivity index (χ1v) is 9.28. The molecule has 0 spiro atoms. The standard InChI is InChI=1S/C13H20F2N2O2S2/c1-4-9(8-20-3)17(2)21(18,19)12-6-5-11(14)10(7-16)13(12)15/h5-6,9H,4,7-8,16H2,1-3H3. The maximum absolute atomic E-state index is 14.2. The van der Waals surface area contributed by atoms with E-state index in [0.29, 0.717) is 12.2 Å². The lowest BCUT2D eigenvalue weighted by Crippen LogP contribution is -2.38. The van der Waals surface area contributed by atoms with Gasteiger partial charge in [-0.05, 0) is 24.8 Å². The Bertz CT molecular complexity index is 594. The van der Waals surface area contributed by atoms with Gasteiger partial charge in [-0.25, -0.2) is 17.2 Å². The molecule has 8 heteroatoms. The molecule has 0 aromatic heterocycles. The van der Waals surface area contributed by atoms with Crippen molar-refractivity contribution in [2.45, 2.75) is 30.8 Å². The Morgan fingerprint density at radius 1 is 1.38 bits per heavy atom. The van der Waals surface area contributed by atoms with Crippen molar-refractivity contribution in [1.29, 1.82) is 0 Å². The van der Waals surface area contributed by atoms with Crippen molar-refractivity contribution < 1.29 is 17.2 Å². The van der Waals surface area contributed by atoms with Crippen molar-refractivity contribution in [2.24, 2.45) is 5.73 Å². The molecule has 1 unspecified atom stereocenters. The van der Waals surface area contributed by atoms with E-state index < -0.39 is 38.7 Å². The van der Waals surface area contributed by atoms with Gasteiger partial charge in [-0.15, -0.1) is 0 Å². The van der Waals surface area contributed by atoms with Crippen molar-refractivity contribution in [2.75, 3.05) is 19.1 Å². The molecule has 21 heavy (non-hydrogen) atoms. The first-order chi connectivity index (χ1) is 9.81. The van der Waals surface area contributed by atoms with Crippen molar-refractivity contribution in [1.82, 2.24) is 4.31 Å². The van der Waals surface area contributed by atoms with E-state index in [9.17, 15) is 17.2 Å². The smallest absolute Gasteiger partial charge is 0.246 e. The van der Waals surface area contributed by atoms with Crippen LogP contribution >= 0.6 is 11.8 Å². The number of hydrogen-bond donors (Lipinski definition) is 1.